The number of aromatic carboxylic acids is 1. The first-order valence-corrected chi connectivity index (χ1v) is 4.35. The molecule has 0 saturated carbocycles. The summed E-state index contributed by atoms with van der Waals surface area (Å²) in [5.74, 6) is -1.27. The number of hydrogen-bond acceptors (Lipinski definition) is 2. The lowest BCUT2D eigenvalue weighted by molar-refractivity contribution is 0.0696. The van der Waals surface area contributed by atoms with Gasteiger partial charge in [-0.1, -0.05) is 29.3 Å². The second kappa shape index (κ2) is 4.35. The number of halogens is 2. The van der Waals surface area contributed by atoms with Crippen molar-refractivity contribution in [3.05, 3.63) is 33.8 Å². The van der Waals surface area contributed by atoms with Crippen molar-refractivity contribution in [2.75, 3.05) is 0 Å². The van der Waals surface area contributed by atoms with Gasteiger partial charge in [-0.25, -0.2) is 4.79 Å². The molecule has 74 valence electrons. The average molecular weight is 233 g/mol. The van der Waals surface area contributed by atoms with E-state index in [1.807, 2.05) is 0 Å². The molecule has 0 saturated heterocycles. The number of rotatable bonds is 2. The highest BCUT2D eigenvalue weighted by molar-refractivity contribution is 6.57. The Balaban J connectivity index is 3.29. The molecule has 0 atom stereocenters. The molecule has 0 amide bonds. The molecule has 3 nitrogen and oxygen atoms in total. The highest BCUT2D eigenvalue weighted by Gasteiger charge is 2.09. The molecule has 0 aliphatic carbocycles. The quantitative estimate of drug-likeness (QED) is 0.825. The van der Waals surface area contributed by atoms with Crippen LogP contribution in [-0.4, -0.2) is 16.2 Å². The molecule has 5 heteroatoms. The van der Waals surface area contributed by atoms with Crippen LogP contribution in [0.3, 0.4) is 0 Å². The first kappa shape index (κ1) is 10.9. The van der Waals surface area contributed by atoms with Crippen molar-refractivity contribution < 1.29 is 15.0 Å². The van der Waals surface area contributed by atoms with Crippen LogP contribution in [0.1, 0.15) is 15.9 Å². The normalized spacial score (nSPS) is 9.57. The molecule has 0 aromatic heterocycles. The minimum Gasteiger partial charge on any atom is -0.508 e. The standard InChI is InChI=1S/C9H6Cl2O3/c10-8(11)3-5-1-2-6(12)4-7(5)9(13)14/h1-4,12H,(H,13,14). The van der Waals surface area contributed by atoms with Crippen molar-refractivity contribution in [3.63, 3.8) is 0 Å². The topological polar surface area (TPSA) is 57.5 Å². The van der Waals surface area contributed by atoms with Crippen LogP contribution in [0.15, 0.2) is 22.7 Å². The van der Waals surface area contributed by atoms with Gasteiger partial charge in [0.25, 0.3) is 0 Å². The fraction of sp³-hybridized carbons (Fsp3) is 0. The van der Waals surface area contributed by atoms with Gasteiger partial charge in [0.15, 0.2) is 0 Å². The third-order valence-electron chi connectivity index (χ3n) is 1.53. The summed E-state index contributed by atoms with van der Waals surface area (Å²) in [4.78, 5) is 10.7. The molecule has 0 radical (unpaired) electrons. The average Bonchev–Trinajstić information content (AvgIpc) is 2.07. The van der Waals surface area contributed by atoms with E-state index in [4.69, 9.17) is 33.4 Å². The summed E-state index contributed by atoms with van der Waals surface area (Å²) >= 11 is 10.8. The third kappa shape index (κ3) is 2.65. The molecular weight excluding hydrogens is 227 g/mol. The van der Waals surface area contributed by atoms with Crippen LogP contribution in [0.25, 0.3) is 6.08 Å². The van der Waals surface area contributed by atoms with E-state index in [9.17, 15) is 4.79 Å². The maximum absolute atomic E-state index is 10.7. The van der Waals surface area contributed by atoms with E-state index in [-0.39, 0.29) is 15.8 Å². The van der Waals surface area contributed by atoms with E-state index in [1.54, 1.807) is 0 Å². The van der Waals surface area contributed by atoms with Gasteiger partial charge in [0, 0.05) is 0 Å². The van der Waals surface area contributed by atoms with Gasteiger partial charge in [0.2, 0.25) is 0 Å². The second-order valence-corrected chi connectivity index (χ2v) is 3.52. The van der Waals surface area contributed by atoms with E-state index in [0.717, 1.165) is 6.07 Å². The molecule has 14 heavy (non-hydrogen) atoms. The van der Waals surface area contributed by atoms with Gasteiger partial charge in [-0.2, -0.15) is 0 Å². The maximum atomic E-state index is 10.7. The minimum absolute atomic E-state index is 0.0433. The van der Waals surface area contributed by atoms with Gasteiger partial charge in [-0.05, 0) is 23.8 Å². The molecule has 1 aromatic rings. The minimum atomic E-state index is -1.15. The van der Waals surface area contributed by atoms with Crippen LogP contribution in [0.2, 0.25) is 0 Å². The van der Waals surface area contributed by atoms with Gasteiger partial charge < -0.3 is 10.2 Å². The van der Waals surface area contributed by atoms with E-state index in [0.29, 0.717) is 5.56 Å². The van der Waals surface area contributed by atoms with E-state index in [2.05, 4.69) is 0 Å². The van der Waals surface area contributed by atoms with Gasteiger partial charge in [0.05, 0.1) is 5.56 Å². The van der Waals surface area contributed by atoms with Crippen LogP contribution in [0.5, 0.6) is 5.75 Å². The first-order chi connectivity index (χ1) is 6.50. The molecular formula is C9H6Cl2O3. The van der Waals surface area contributed by atoms with Crippen LogP contribution in [0.4, 0.5) is 0 Å². The van der Waals surface area contributed by atoms with Crippen molar-refractivity contribution in [1.82, 2.24) is 0 Å². The smallest absolute Gasteiger partial charge is 0.336 e. The van der Waals surface area contributed by atoms with E-state index >= 15 is 0 Å². The summed E-state index contributed by atoms with van der Waals surface area (Å²) in [5, 5.41) is 17.8. The predicted molar refractivity (Wildman–Crippen MR) is 54.7 cm³/mol. The summed E-state index contributed by atoms with van der Waals surface area (Å²) in [6, 6.07) is 3.91. The Hall–Kier alpha value is -1.19. The molecule has 0 aliphatic rings. The number of carboxylic acid groups (broad SMARTS) is 1. The van der Waals surface area contributed by atoms with Crippen LogP contribution >= 0.6 is 23.2 Å². The largest absolute Gasteiger partial charge is 0.508 e. The lowest BCUT2D eigenvalue weighted by atomic mass is 10.1. The molecule has 0 fully saturated rings. The Morgan fingerprint density at radius 1 is 1.36 bits per heavy atom. The zero-order chi connectivity index (χ0) is 10.7. The number of benzene rings is 1. The number of phenolic OH excluding ortho intramolecular Hbond substituents is 1. The van der Waals surface area contributed by atoms with Gasteiger partial charge in [-0.15, -0.1) is 0 Å². The highest BCUT2D eigenvalue weighted by Crippen LogP contribution is 2.21. The van der Waals surface area contributed by atoms with E-state index in [1.165, 1.54) is 18.2 Å². The summed E-state index contributed by atoms with van der Waals surface area (Å²) in [6.45, 7) is 0. The first-order valence-electron chi connectivity index (χ1n) is 3.59. The molecule has 0 aliphatic heterocycles. The molecule has 1 aromatic carbocycles. The van der Waals surface area contributed by atoms with Crippen molar-refractivity contribution in [2.45, 2.75) is 0 Å². The Bertz CT molecular complexity index is 395. The van der Waals surface area contributed by atoms with Crippen LogP contribution in [0, 0.1) is 0 Å². The summed E-state index contributed by atoms with van der Waals surface area (Å²) in [7, 11) is 0. The lowest BCUT2D eigenvalue weighted by Crippen LogP contribution is -1.98. The van der Waals surface area contributed by atoms with Gasteiger partial charge >= 0.3 is 5.97 Å². The molecule has 0 heterocycles. The van der Waals surface area contributed by atoms with Crippen LogP contribution < -0.4 is 0 Å². The molecule has 2 N–H and O–H groups in total. The molecule has 1 rings (SSSR count). The number of phenols is 1. The van der Waals surface area contributed by atoms with Crippen molar-refractivity contribution >= 4 is 35.2 Å². The van der Waals surface area contributed by atoms with Crippen molar-refractivity contribution in [3.8, 4) is 5.75 Å². The van der Waals surface area contributed by atoms with Gasteiger partial charge in [0.1, 0.15) is 10.2 Å². The second-order valence-electron chi connectivity index (χ2n) is 2.51. The number of aromatic hydroxyl groups is 1. The number of hydrogen-bond donors (Lipinski definition) is 2. The maximum Gasteiger partial charge on any atom is 0.336 e. The Labute approximate surface area is 90.2 Å². The fourth-order valence-electron chi connectivity index (χ4n) is 0.973. The summed E-state index contributed by atoms with van der Waals surface area (Å²) < 4.78 is -0.0433. The molecule has 0 spiro atoms. The van der Waals surface area contributed by atoms with Crippen molar-refractivity contribution in [1.29, 1.82) is 0 Å². The lowest BCUT2D eigenvalue weighted by Gasteiger charge is -2.01. The Morgan fingerprint density at radius 3 is 2.50 bits per heavy atom. The SMILES string of the molecule is O=C(O)c1cc(O)ccc1C=C(Cl)Cl. The van der Waals surface area contributed by atoms with E-state index < -0.39 is 5.97 Å². The third-order valence-corrected chi connectivity index (χ3v) is 1.75. The van der Waals surface area contributed by atoms with Crippen LogP contribution in [-0.2, 0) is 0 Å². The Kier molecular flexibility index (Phi) is 3.38. The monoisotopic (exact) mass is 232 g/mol. The predicted octanol–water partition coefficient (Wildman–Crippen LogP) is 2.87. The molecule has 0 unspecified atom stereocenters. The van der Waals surface area contributed by atoms with Crippen molar-refractivity contribution in [2.24, 2.45) is 0 Å². The Morgan fingerprint density at radius 2 is 2.00 bits per heavy atom. The number of carboxylic acids is 1. The number of carbonyl (C=O) groups is 1. The summed E-state index contributed by atoms with van der Waals surface area (Å²) in [5.41, 5.74) is 0.291. The zero-order valence-electron chi connectivity index (χ0n) is 6.87. The fourth-order valence-corrected chi connectivity index (χ4v) is 1.21. The highest BCUT2D eigenvalue weighted by atomic mass is 35.5. The zero-order valence-corrected chi connectivity index (χ0v) is 8.38. The summed E-state index contributed by atoms with van der Waals surface area (Å²) in [6.07, 6.45) is 1.30. The van der Waals surface area contributed by atoms with Gasteiger partial charge in [-0.3, -0.25) is 0 Å². The molecule has 0 bridgehead atoms.